The minimum absolute atomic E-state index is 0.176. The van der Waals surface area contributed by atoms with Crippen molar-refractivity contribution in [2.24, 2.45) is 0 Å². The first kappa shape index (κ1) is 16.3. The molecule has 0 radical (unpaired) electrons. The fourth-order valence-corrected chi connectivity index (χ4v) is 2.72. The van der Waals surface area contributed by atoms with E-state index in [2.05, 4.69) is 10.3 Å². The number of nitrogens with zero attached hydrogens (tertiary/aromatic N) is 1. The Labute approximate surface area is 145 Å². The second-order valence-corrected chi connectivity index (χ2v) is 5.86. The van der Waals surface area contributed by atoms with Crippen LogP contribution in [0.3, 0.4) is 0 Å². The number of aryl methyl sites for hydroxylation is 1. The Bertz CT molecular complexity index is 909. The van der Waals surface area contributed by atoms with Gasteiger partial charge < -0.3 is 10.1 Å². The first-order valence-corrected chi connectivity index (χ1v) is 7.93. The number of carbonyl (C=O) groups is 1. The normalized spacial score (nSPS) is 10.6. The molecule has 0 aliphatic rings. The zero-order valence-corrected chi connectivity index (χ0v) is 14.2. The Morgan fingerprint density at radius 2 is 2.00 bits per heavy atom. The number of nitrogens with one attached hydrogen (secondary N) is 1. The Hall–Kier alpha value is -2.59. The number of ether oxygens (including phenoxy) is 1. The highest BCUT2D eigenvalue weighted by atomic mass is 35.5. The molecule has 122 valence electrons. The number of amides is 1. The van der Waals surface area contributed by atoms with Crippen molar-refractivity contribution >= 4 is 28.4 Å². The molecule has 1 N–H and O–H groups in total. The van der Waals surface area contributed by atoms with Crippen LogP contribution < -0.4 is 10.1 Å². The molecule has 1 heterocycles. The predicted molar refractivity (Wildman–Crippen MR) is 95.7 cm³/mol. The van der Waals surface area contributed by atoms with Gasteiger partial charge in [0, 0.05) is 17.0 Å². The van der Waals surface area contributed by atoms with E-state index in [0.717, 1.165) is 22.2 Å². The van der Waals surface area contributed by atoms with Crippen molar-refractivity contribution in [3.05, 3.63) is 70.4 Å². The Morgan fingerprint density at radius 3 is 2.75 bits per heavy atom. The van der Waals surface area contributed by atoms with Crippen molar-refractivity contribution < 1.29 is 9.53 Å². The van der Waals surface area contributed by atoms with Crippen LogP contribution >= 0.6 is 11.6 Å². The quantitative estimate of drug-likeness (QED) is 0.776. The molecule has 5 heteroatoms. The lowest BCUT2D eigenvalue weighted by Crippen LogP contribution is -2.24. The van der Waals surface area contributed by atoms with Crippen molar-refractivity contribution in [2.45, 2.75) is 13.5 Å². The molecule has 24 heavy (non-hydrogen) atoms. The number of fused-ring (bicyclic) bond motifs is 1. The number of rotatable bonds is 4. The standard InChI is InChI=1S/C19H17ClN2O2/c1-12-16(10-14-9-15(24-2)7-8-18(14)22-12)19(23)21-11-13-5-3-4-6-17(13)20/h3-10H,11H2,1-2H3,(H,21,23). The molecule has 2 aromatic carbocycles. The van der Waals surface area contributed by atoms with Gasteiger partial charge in [-0.05, 0) is 42.8 Å². The summed E-state index contributed by atoms with van der Waals surface area (Å²) in [6.07, 6.45) is 0. The van der Waals surface area contributed by atoms with Gasteiger partial charge >= 0.3 is 0 Å². The van der Waals surface area contributed by atoms with Crippen molar-refractivity contribution in [3.8, 4) is 5.75 Å². The van der Waals surface area contributed by atoms with Crippen LogP contribution in [-0.2, 0) is 6.54 Å². The van der Waals surface area contributed by atoms with Crippen LogP contribution in [-0.4, -0.2) is 18.0 Å². The molecule has 1 amide bonds. The van der Waals surface area contributed by atoms with Gasteiger partial charge in [-0.1, -0.05) is 29.8 Å². The summed E-state index contributed by atoms with van der Waals surface area (Å²) in [5, 5.41) is 4.39. The van der Waals surface area contributed by atoms with Crippen LogP contribution in [0.2, 0.25) is 5.02 Å². The van der Waals surface area contributed by atoms with E-state index < -0.39 is 0 Å². The summed E-state index contributed by atoms with van der Waals surface area (Å²) in [7, 11) is 1.61. The molecule has 0 saturated carbocycles. The van der Waals surface area contributed by atoms with Gasteiger partial charge in [0.1, 0.15) is 5.75 Å². The van der Waals surface area contributed by atoms with Crippen molar-refractivity contribution in [1.82, 2.24) is 10.3 Å². The first-order valence-electron chi connectivity index (χ1n) is 7.55. The zero-order valence-electron chi connectivity index (χ0n) is 13.5. The van der Waals surface area contributed by atoms with E-state index in [1.807, 2.05) is 49.4 Å². The molecule has 3 rings (SSSR count). The van der Waals surface area contributed by atoms with E-state index in [9.17, 15) is 4.79 Å². The second-order valence-electron chi connectivity index (χ2n) is 5.45. The Kier molecular flexibility index (Phi) is 4.67. The van der Waals surface area contributed by atoms with Gasteiger partial charge in [-0.2, -0.15) is 0 Å². The highest BCUT2D eigenvalue weighted by Gasteiger charge is 2.12. The highest BCUT2D eigenvalue weighted by molar-refractivity contribution is 6.31. The van der Waals surface area contributed by atoms with Crippen LogP contribution in [0, 0.1) is 6.92 Å². The minimum Gasteiger partial charge on any atom is -0.497 e. The van der Waals surface area contributed by atoms with Gasteiger partial charge in [-0.15, -0.1) is 0 Å². The maximum absolute atomic E-state index is 12.5. The SMILES string of the molecule is COc1ccc2nc(C)c(C(=O)NCc3ccccc3Cl)cc2c1. The molecule has 0 aliphatic heterocycles. The Balaban J connectivity index is 1.86. The topological polar surface area (TPSA) is 51.2 Å². The van der Waals surface area contributed by atoms with Gasteiger partial charge in [0.2, 0.25) is 0 Å². The lowest BCUT2D eigenvalue weighted by atomic mass is 10.1. The van der Waals surface area contributed by atoms with Crippen LogP contribution in [0.25, 0.3) is 10.9 Å². The van der Waals surface area contributed by atoms with E-state index in [-0.39, 0.29) is 5.91 Å². The molecule has 0 atom stereocenters. The van der Waals surface area contributed by atoms with E-state index in [1.165, 1.54) is 0 Å². The number of pyridine rings is 1. The first-order chi connectivity index (χ1) is 11.6. The molecule has 0 bridgehead atoms. The highest BCUT2D eigenvalue weighted by Crippen LogP contribution is 2.22. The smallest absolute Gasteiger partial charge is 0.253 e. The molecule has 0 fully saturated rings. The van der Waals surface area contributed by atoms with E-state index in [0.29, 0.717) is 22.8 Å². The summed E-state index contributed by atoms with van der Waals surface area (Å²) in [6.45, 7) is 2.20. The zero-order chi connectivity index (χ0) is 17.1. The molecule has 4 nitrogen and oxygen atoms in total. The number of aromatic nitrogens is 1. The molecule has 0 unspecified atom stereocenters. The molecular weight excluding hydrogens is 324 g/mol. The summed E-state index contributed by atoms with van der Waals surface area (Å²) in [6, 6.07) is 14.9. The van der Waals surface area contributed by atoms with E-state index >= 15 is 0 Å². The summed E-state index contributed by atoms with van der Waals surface area (Å²) < 4.78 is 5.23. The third-order valence-corrected chi connectivity index (χ3v) is 4.22. The third kappa shape index (κ3) is 3.34. The largest absolute Gasteiger partial charge is 0.497 e. The third-order valence-electron chi connectivity index (χ3n) is 3.85. The number of methoxy groups -OCH3 is 1. The lowest BCUT2D eigenvalue weighted by molar-refractivity contribution is 0.0950. The van der Waals surface area contributed by atoms with E-state index in [1.54, 1.807) is 13.2 Å². The van der Waals surface area contributed by atoms with Crippen molar-refractivity contribution in [2.75, 3.05) is 7.11 Å². The summed E-state index contributed by atoms with van der Waals surface area (Å²) in [4.78, 5) is 17.0. The number of hydrogen-bond acceptors (Lipinski definition) is 3. The van der Waals surface area contributed by atoms with Crippen LogP contribution in [0.15, 0.2) is 48.5 Å². The number of carbonyl (C=O) groups excluding carboxylic acids is 1. The average Bonchev–Trinajstić information content (AvgIpc) is 2.59. The number of halogens is 1. The van der Waals surface area contributed by atoms with Gasteiger partial charge in [-0.3, -0.25) is 9.78 Å². The molecular formula is C19H17ClN2O2. The predicted octanol–water partition coefficient (Wildman–Crippen LogP) is 4.14. The fourth-order valence-electron chi connectivity index (χ4n) is 2.52. The minimum atomic E-state index is -0.176. The second kappa shape index (κ2) is 6.89. The molecule has 3 aromatic rings. The monoisotopic (exact) mass is 340 g/mol. The number of benzene rings is 2. The average molecular weight is 341 g/mol. The fraction of sp³-hybridized carbons (Fsp3) is 0.158. The van der Waals surface area contributed by atoms with Gasteiger partial charge in [-0.25, -0.2) is 0 Å². The van der Waals surface area contributed by atoms with Crippen LogP contribution in [0.4, 0.5) is 0 Å². The van der Waals surface area contributed by atoms with Crippen molar-refractivity contribution in [1.29, 1.82) is 0 Å². The molecule has 0 spiro atoms. The van der Waals surface area contributed by atoms with Crippen LogP contribution in [0.5, 0.6) is 5.75 Å². The number of hydrogen-bond donors (Lipinski definition) is 1. The van der Waals surface area contributed by atoms with E-state index in [4.69, 9.17) is 16.3 Å². The Morgan fingerprint density at radius 1 is 1.21 bits per heavy atom. The summed E-state index contributed by atoms with van der Waals surface area (Å²) in [5.74, 6) is 0.556. The van der Waals surface area contributed by atoms with Gasteiger partial charge in [0.05, 0.1) is 23.9 Å². The van der Waals surface area contributed by atoms with Crippen LogP contribution in [0.1, 0.15) is 21.6 Å². The summed E-state index contributed by atoms with van der Waals surface area (Å²) in [5.41, 5.74) is 2.93. The summed E-state index contributed by atoms with van der Waals surface area (Å²) >= 11 is 6.12. The lowest BCUT2D eigenvalue weighted by Gasteiger charge is -2.10. The van der Waals surface area contributed by atoms with Crippen molar-refractivity contribution in [3.63, 3.8) is 0 Å². The maximum atomic E-state index is 12.5. The molecule has 1 aromatic heterocycles. The van der Waals surface area contributed by atoms with Gasteiger partial charge in [0.25, 0.3) is 5.91 Å². The molecule has 0 saturated heterocycles. The molecule has 0 aliphatic carbocycles. The maximum Gasteiger partial charge on any atom is 0.253 e. The van der Waals surface area contributed by atoms with Gasteiger partial charge in [0.15, 0.2) is 0 Å².